The van der Waals surface area contributed by atoms with E-state index in [0.717, 1.165) is 0 Å². The zero-order chi connectivity index (χ0) is 9.94. The maximum atomic E-state index is 12.4. The number of hydrogen-bond donors (Lipinski definition) is 0. The number of hydrogen-bond acceptors (Lipinski definition) is 3. The van der Waals surface area contributed by atoms with Gasteiger partial charge in [0, 0.05) is 0 Å². The molecule has 0 saturated heterocycles. The van der Waals surface area contributed by atoms with Crippen LogP contribution in [0.5, 0.6) is 0 Å². The minimum absolute atomic E-state index is 0.691. The van der Waals surface area contributed by atoms with Gasteiger partial charge < -0.3 is 4.74 Å². The quantitative estimate of drug-likeness (QED) is 0.534. The third-order valence-electron chi connectivity index (χ3n) is 0.782. The van der Waals surface area contributed by atoms with E-state index in [-0.39, 0.29) is 0 Å². The first kappa shape index (κ1) is 11.8. The van der Waals surface area contributed by atoms with E-state index in [9.17, 15) is 17.8 Å². The summed E-state index contributed by atoms with van der Waals surface area (Å²) in [6, 6.07) is 0. The molecular weight excluding hydrogens is 214 g/mol. The molecule has 0 N–H and O–H groups in total. The predicted molar refractivity (Wildman–Crippen MR) is 40.2 cm³/mol. The van der Waals surface area contributed by atoms with E-state index in [4.69, 9.17) is 0 Å². The second kappa shape index (κ2) is 4.13. The van der Waals surface area contributed by atoms with E-state index in [1.165, 1.54) is 13.8 Å². The maximum Gasteiger partial charge on any atom is 0.429 e. The molecule has 0 aromatic carbocycles. The lowest BCUT2D eigenvalue weighted by Crippen LogP contribution is -2.34. The fourth-order valence-corrected chi connectivity index (χ4v) is 0.716. The van der Waals surface area contributed by atoms with Gasteiger partial charge in [-0.3, -0.25) is 0 Å². The van der Waals surface area contributed by atoms with Crippen LogP contribution in [0.25, 0.3) is 0 Å². The maximum absolute atomic E-state index is 12.4. The first-order valence-electron chi connectivity index (χ1n) is 2.95. The molecule has 0 aliphatic carbocycles. The average Bonchev–Trinajstić information content (AvgIpc) is 1.85. The largest absolute Gasteiger partial charge is 0.458 e. The van der Waals surface area contributed by atoms with Crippen LogP contribution in [0.4, 0.5) is 8.78 Å². The summed E-state index contributed by atoms with van der Waals surface area (Å²) >= 11 is 0. The van der Waals surface area contributed by atoms with Gasteiger partial charge in [0.15, 0.2) is 10.0 Å². The molecule has 0 unspecified atom stereocenters. The first-order chi connectivity index (χ1) is 5.28. The Morgan fingerprint density at radius 1 is 1.58 bits per heavy atom. The van der Waals surface area contributed by atoms with Gasteiger partial charge in [0.1, 0.15) is 0 Å². The van der Waals surface area contributed by atoms with Crippen LogP contribution in [-0.2, 0) is 19.5 Å². The van der Waals surface area contributed by atoms with E-state index in [1.807, 2.05) is 0 Å². The van der Waals surface area contributed by atoms with Crippen molar-refractivity contribution in [2.24, 2.45) is 0 Å². The number of halogens is 3. The third kappa shape index (κ3) is 3.02. The molecule has 0 aromatic rings. The lowest BCUT2D eigenvalue weighted by Gasteiger charge is -2.12. The van der Waals surface area contributed by atoms with Crippen molar-refractivity contribution >= 4 is 26.7 Å². The SMILES string of the molecule is CC(C)OC(=O)C(F)(F)[S@@](=O)Cl. The van der Waals surface area contributed by atoms with E-state index < -0.39 is 27.3 Å². The van der Waals surface area contributed by atoms with Gasteiger partial charge in [-0.05, 0) is 24.5 Å². The summed E-state index contributed by atoms with van der Waals surface area (Å²) in [5, 5.41) is -4.13. The van der Waals surface area contributed by atoms with Crippen molar-refractivity contribution in [1.82, 2.24) is 0 Å². The van der Waals surface area contributed by atoms with Gasteiger partial charge in [-0.15, -0.1) is 0 Å². The van der Waals surface area contributed by atoms with E-state index >= 15 is 0 Å². The number of ether oxygens (including phenoxy) is 1. The molecule has 0 aromatic heterocycles. The first-order valence-corrected chi connectivity index (χ1v) is 4.93. The molecule has 0 rings (SSSR count). The summed E-state index contributed by atoms with van der Waals surface area (Å²) in [6.07, 6.45) is -0.691. The van der Waals surface area contributed by atoms with E-state index in [2.05, 4.69) is 15.4 Å². The highest BCUT2D eigenvalue weighted by Crippen LogP contribution is 2.23. The van der Waals surface area contributed by atoms with Crippen LogP contribution in [0.3, 0.4) is 0 Å². The van der Waals surface area contributed by atoms with Gasteiger partial charge in [0.05, 0.1) is 6.10 Å². The third-order valence-corrected chi connectivity index (χ3v) is 1.93. The summed E-state index contributed by atoms with van der Waals surface area (Å²) in [4.78, 5) is 10.5. The van der Waals surface area contributed by atoms with Crippen molar-refractivity contribution < 1.29 is 22.5 Å². The summed E-state index contributed by atoms with van der Waals surface area (Å²) in [6.45, 7) is 2.79. The summed E-state index contributed by atoms with van der Waals surface area (Å²) < 4.78 is 39.0. The lowest BCUT2D eigenvalue weighted by atomic mass is 10.5. The second-order valence-electron chi connectivity index (χ2n) is 2.19. The molecular formula is C5H7ClF2O3S. The van der Waals surface area contributed by atoms with Gasteiger partial charge in [-0.1, -0.05) is 0 Å². The van der Waals surface area contributed by atoms with Gasteiger partial charge in [0.2, 0.25) is 0 Å². The van der Waals surface area contributed by atoms with Gasteiger partial charge >= 0.3 is 11.2 Å². The molecule has 0 saturated carbocycles. The Morgan fingerprint density at radius 2 is 2.00 bits per heavy atom. The van der Waals surface area contributed by atoms with Crippen LogP contribution in [-0.4, -0.2) is 21.5 Å². The average molecular weight is 221 g/mol. The Bertz CT molecular complexity index is 207. The number of alkyl halides is 2. The van der Waals surface area contributed by atoms with Crippen molar-refractivity contribution in [3.8, 4) is 0 Å². The minimum atomic E-state index is -4.13. The number of carbonyl (C=O) groups excluding carboxylic acids is 1. The Labute approximate surface area is 75.0 Å². The van der Waals surface area contributed by atoms with Crippen LogP contribution < -0.4 is 0 Å². The minimum Gasteiger partial charge on any atom is -0.458 e. The molecule has 0 fully saturated rings. The number of carbonyl (C=O) groups is 1. The topological polar surface area (TPSA) is 43.4 Å². The van der Waals surface area contributed by atoms with Crippen LogP contribution in [0.15, 0.2) is 0 Å². The van der Waals surface area contributed by atoms with E-state index in [0.29, 0.717) is 0 Å². The highest BCUT2D eigenvalue weighted by molar-refractivity contribution is 8.09. The van der Waals surface area contributed by atoms with Crippen molar-refractivity contribution in [2.75, 3.05) is 0 Å². The number of esters is 1. The molecule has 0 amide bonds. The van der Waals surface area contributed by atoms with Crippen molar-refractivity contribution in [1.29, 1.82) is 0 Å². The highest BCUT2D eigenvalue weighted by atomic mass is 35.7. The molecule has 7 heteroatoms. The molecule has 12 heavy (non-hydrogen) atoms. The highest BCUT2D eigenvalue weighted by Gasteiger charge is 2.47. The fourth-order valence-electron chi connectivity index (χ4n) is 0.348. The van der Waals surface area contributed by atoms with Crippen molar-refractivity contribution in [2.45, 2.75) is 25.2 Å². The van der Waals surface area contributed by atoms with Crippen LogP contribution >= 0.6 is 10.7 Å². The summed E-state index contributed by atoms with van der Waals surface area (Å²) in [5.74, 6) is -1.87. The molecule has 0 heterocycles. The molecule has 0 aliphatic heterocycles. The molecule has 0 spiro atoms. The van der Waals surface area contributed by atoms with Crippen LogP contribution in [0, 0.1) is 0 Å². The number of rotatable bonds is 3. The molecule has 72 valence electrons. The zero-order valence-corrected chi connectivity index (χ0v) is 7.92. The van der Waals surface area contributed by atoms with E-state index in [1.54, 1.807) is 0 Å². The van der Waals surface area contributed by atoms with Crippen molar-refractivity contribution in [3.63, 3.8) is 0 Å². The van der Waals surface area contributed by atoms with Crippen LogP contribution in [0.2, 0.25) is 0 Å². The Morgan fingerprint density at radius 3 is 2.25 bits per heavy atom. The predicted octanol–water partition coefficient (Wildman–Crippen LogP) is 1.43. The van der Waals surface area contributed by atoms with Gasteiger partial charge in [-0.25, -0.2) is 9.00 Å². The molecule has 1 atom stereocenters. The normalized spacial score (nSPS) is 14.5. The fraction of sp³-hybridized carbons (Fsp3) is 0.800. The Balaban J connectivity index is 4.36. The second-order valence-corrected chi connectivity index (χ2v) is 3.99. The lowest BCUT2D eigenvalue weighted by molar-refractivity contribution is -0.164. The molecule has 0 aliphatic rings. The molecule has 0 bridgehead atoms. The Hall–Kier alpha value is -0.230. The summed E-state index contributed by atoms with van der Waals surface area (Å²) in [5.41, 5.74) is 0. The van der Waals surface area contributed by atoms with Crippen molar-refractivity contribution in [3.05, 3.63) is 0 Å². The monoisotopic (exact) mass is 220 g/mol. The zero-order valence-electron chi connectivity index (χ0n) is 6.34. The summed E-state index contributed by atoms with van der Waals surface area (Å²) in [7, 11) is 1.51. The molecule has 3 nitrogen and oxygen atoms in total. The smallest absolute Gasteiger partial charge is 0.429 e. The van der Waals surface area contributed by atoms with Crippen LogP contribution in [0.1, 0.15) is 13.8 Å². The van der Waals surface area contributed by atoms with Gasteiger partial charge in [0.25, 0.3) is 0 Å². The van der Waals surface area contributed by atoms with Gasteiger partial charge in [-0.2, -0.15) is 8.78 Å². The standard InChI is InChI=1S/C5H7ClF2O3S/c1-3(2)11-4(9)5(7,8)12(6)10/h3H,1-2H3/t12-/m1/s1. The molecule has 0 radical (unpaired) electrons. The Kier molecular flexibility index (Phi) is 4.05.